The lowest BCUT2D eigenvalue weighted by Crippen LogP contribution is -2.46. The summed E-state index contributed by atoms with van der Waals surface area (Å²) in [5.74, 6) is 2.54. The first-order chi connectivity index (χ1) is 14.2. The molecule has 0 bridgehead atoms. The van der Waals surface area contributed by atoms with Crippen LogP contribution in [-0.2, 0) is 17.3 Å². The van der Waals surface area contributed by atoms with Crippen molar-refractivity contribution in [2.75, 3.05) is 12.8 Å². The van der Waals surface area contributed by atoms with Crippen LogP contribution in [0.3, 0.4) is 0 Å². The van der Waals surface area contributed by atoms with Gasteiger partial charge in [-0.15, -0.1) is 0 Å². The maximum Gasteiger partial charge on any atom is 0.191 e. The number of nitrogens with zero attached hydrogens (tertiary/aromatic N) is 1. The molecule has 0 heterocycles. The minimum absolute atomic E-state index is 0.318. The zero-order valence-corrected chi connectivity index (χ0v) is 18.8. The summed E-state index contributed by atoms with van der Waals surface area (Å²) >= 11 is 0. The lowest BCUT2D eigenvalue weighted by atomic mass is 9.95. The maximum absolute atomic E-state index is 12.2. The number of aliphatic imine (C=N–C) groups is 1. The molecule has 2 fully saturated rings. The van der Waals surface area contributed by atoms with Crippen molar-refractivity contribution >= 4 is 16.8 Å². The summed E-state index contributed by atoms with van der Waals surface area (Å²) in [4.78, 5) is 4.39. The molecule has 162 valence electrons. The van der Waals surface area contributed by atoms with E-state index >= 15 is 0 Å². The predicted molar refractivity (Wildman–Crippen MR) is 122 cm³/mol. The van der Waals surface area contributed by atoms with E-state index in [4.69, 9.17) is 4.74 Å². The molecule has 29 heavy (non-hydrogen) atoms. The van der Waals surface area contributed by atoms with Gasteiger partial charge in [-0.3, -0.25) is 9.20 Å². The molecule has 5 nitrogen and oxygen atoms in total. The normalized spacial score (nSPS) is 24.7. The standard InChI is InChI=1S/C23H37N3O2S/c1-3-29(27)22-14-8-10-19(16-22)26-23(24-2)25-17-18-9-7-13-21(15-18)28-20-11-5-4-6-12-20/h7,9,13,15,19-20,22H,3-6,8,10-12,14,16-17H2,1-2H3,(H2,24,25,26). The van der Waals surface area contributed by atoms with Crippen LogP contribution in [0.1, 0.15) is 70.3 Å². The lowest BCUT2D eigenvalue weighted by Gasteiger charge is -2.30. The highest BCUT2D eigenvalue weighted by molar-refractivity contribution is 7.85. The summed E-state index contributed by atoms with van der Waals surface area (Å²) in [6, 6.07) is 8.72. The van der Waals surface area contributed by atoms with Crippen molar-refractivity contribution in [2.45, 2.75) is 88.7 Å². The minimum Gasteiger partial charge on any atom is -0.490 e. The molecule has 1 aromatic carbocycles. The average Bonchev–Trinajstić information content (AvgIpc) is 2.77. The highest BCUT2D eigenvalue weighted by Gasteiger charge is 2.26. The predicted octanol–water partition coefficient (Wildman–Crippen LogP) is 4.14. The van der Waals surface area contributed by atoms with E-state index in [2.05, 4.69) is 39.9 Å². The number of nitrogens with one attached hydrogen (secondary N) is 2. The van der Waals surface area contributed by atoms with Gasteiger partial charge in [0.2, 0.25) is 0 Å². The molecule has 0 radical (unpaired) electrons. The SMILES string of the molecule is CCS(=O)C1CCCC(NC(=NC)NCc2cccc(OC3CCCCC3)c2)C1. The van der Waals surface area contributed by atoms with E-state index in [9.17, 15) is 4.21 Å². The summed E-state index contributed by atoms with van der Waals surface area (Å²) < 4.78 is 18.4. The molecule has 3 rings (SSSR count). The van der Waals surface area contributed by atoms with E-state index in [1.807, 2.05) is 14.0 Å². The first-order valence-corrected chi connectivity index (χ1v) is 12.7. The van der Waals surface area contributed by atoms with Crippen LogP contribution in [0.15, 0.2) is 29.3 Å². The molecule has 0 saturated heterocycles. The minimum atomic E-state index is -0.705. The Kier molecular flexibility index (Phi) is 8.84. The lowest BCUT2D eigenvalue weighted by molar-refractivity contribution is 0.155. The Balaban J connectivity index is 1.49. The first kappa shape index (κ1) is 22.1. The zero-order valence-electron chi connectivity index (χ0n) is 18.0. The number of guanidine groups is 1. The van der Waals surface area contributed by atoms with Gasteiger partial charge in [0.05, 0.1) is 6.10 Å². The monoisotopic (exact) mass is 419 g/mol. The third kappa shape index (κ3) is 7.02. The van der Waals surface area contributed by atoms with Gasteiger partial charge in [0.1, 0.15) is 5.75 Å². The molecule has 1 aromatic rings. The summed E-state index contributed by atoms with van der Waals surface area (Å²) in [6.45, 7) is 2.72. The fourth-order valence-electron chi connectivity index (χ4n) is 4.43. The second-order valence-corrected chi connectivity index (χ2v) is 10.3. The maximum atomic E-state index is 12.2. The quantitative estimate of drug-likeness (QED) is 0.515. The van der Waals surface area contributed by atoms with Crippen LogP contribution in [0, 0.1) is 0 Å². The summed E-state index contributed by atoms with van der Waals surface area (Å²) in [7, 11) is 1.10. The van der Waals surface area contributed by atoms with Crippen LogP contribution in [0.4, 0.5) is 0 Å². The van der Waals surface area contributed by atoms with Gasteiger partial charge in [0.25, 0.3) is 0 Å². The van der Waals surface area contributed by atoms with Crippen LogP contribution in [0.25, 0.3) is 0 Å². The summed E-state index contributed by atoms with van der Waals surface area (Å²) in [5, 5.41) is 7.29. The highest BCUT2D eigenvalue weighted by atomic mass is 32.2. The van der Waals surface area contributed by atoms with Gasteiger partial charge in [0, 0.05) is 41.4 Å². The van der Waals surface area contributed by atoms with E-state index in [-0.39, 0.29) is 0 Å². The highest BCUT2D eigenvalue weighted by Crippen LogP contribution is 2.24. The fourth-order valence-corrected chi connectivity index (χ4v) is 5.78. The Bertz CT molecular complexity index is 688. The molecular weight excluding hydrogens is 382 g/mol. The van der Waals surface area contributed by atoms with Gasteiger partial charge in [-0.2, -0.15) is 0 Å². The molecular formula is C23H37N3O2S. The van der Waals surface area contributed by atoms with E-state index in [1.165, 1.54) is 37.7 Å². The second-order valence-electron chi connectivity index (χ2n) is 8.25. The number of hydrogen-bond donors (Lipinski definition) is 2. The molecule has 2 aliphatic rings. The molecule has 2 N–H and O–H groups in total. The van der Waals surface area contributed by atoms with Gasteiger partial charge in [0.15, 0.2) is 5.96 Å². The summed E-state index contributed by atoms with van der Waals surface area (Å²) in [5.41, 5.74) is 1.19. The van der Waals surface area contributed by atoms with Crippen molar-refractivity contribution in [1.82, 2.24) is 10.6 Å². The Labute approximate surface area is 178 Å². The molecule has 0 spiro atoms. The van der Waals surface area contributed by atoms with Crippen LogP contribution >= 0.6 is 0 Å². The number of ether oxygens (including phenoxy) is 1. The van der Waals surface area contributed by atoms with Crippen molar-refractivity contribution in [2.24, 2.45) is 4.99 Å². The molecule has 0 aliphatic heterocycles. The van der Waals surface area contributed by atoms with Crippen molar-refractivity contribution in [3.8, 4) is 5.75 Å². The largest absolute Gasteiger partial charge is 0.490 e. The number of benzene rings is 1. The molecule has 3 atom stereocenters. The van der Waals surface area contributed by atoms with Gasteiger partial charge in [-0.1, -0.05) is 31.9 Å². The van der Waals surface area contributed by atoms with Gasteiger partial charge < -0.3 is 15.4 Å². The molecule has 2 saturated carbocycles. The van der Waals surface area contributed by atoms with Crippen molar-refractivity contribution in [1.29, 1.82) is 0 Å². The van der Waals surface area contributed by atoms with E-state index in [1.54, 1.807) is 0 Å². The third-order valence-corrected chi connectivity index (χ3v) is 7.80. The zero-order chi connectivity index (χ0) is 20.5. The third-order valence-electron chi connectivity index (χ3n) is 6.06. The van der Waals surface area contributed by atoms with Gasteiger partial charge in [-0.05, 0) is 62.6 Å². The smallest absolute Gasteiger partial charge is 0.191 e. The molecule has 0 aromatic heterocycles. The van der Waals surface area contributed by atoms with Crippen LogP contribution < -0.4 is 15.4 Å². The van der Waals surface area contributed by atoms with Crippen LogP contribution in [0.2, 0.25) is 0 Å². The Morgan fingerprint density at radius 1 is 1.17 bits per heavy atom. The van der Waals surface area contributed by atoms with E-state index < -0.39 is 10.8 Å². The fraction of sp³-hybridized carbons (Fsp3) is 0.696. The van der Waals surface area contributed by atoms with Crippen molar-refractivity contribution in [3.63, 3.8) is 0 Å². The Hall–Kier alpha value is -1.56. The second kappa shape index (κ2) is 11.6. The van der Waals surface area contributed by atoms with Gasteiger partial charge in [-0.25, -0.2) is 0 Å². The average molecular weight is 420 g/mol. The number of hydrogen-bond acceptors (Lipinski definition) is 3. The van der Waals surface area contributed by atoms with E-state index in [0.29, 0.717) is 23.9 Å². The molecule has 2 aliphatic carbocycles. The Morgan fingerprint density at radius 3 is 2.76 bits per heavy atom. The Morgan fingerprint density at radius 2 is 2.00 bits per heavy atom. The van der Waals surface area contributed by atoms with Crippen molar-refractivity contribution in [3.05, 3.63) is 29.8 Å². The number of rotatable bonds is 7. The van der Waals surface area contributed by atoms with Crippen LogP contribution in [-0.4, -0.2) is 40.4 Å². The molecule has 3 unspecified atom stereocenters. The molecule has 6 heteroatoms. The molecule has 0 amide bonds. The van der Waals surface area contributed by atoms with E-state index in [0.717, 1.165) is 43.1 Å². The van der Waals surface area contributed by atoms with Gasteiger partial charge >= 0.3 is 0 Å². The van der Waals surface area contributed by atoms with Crippen LogP contribution in [0.5, 0.6) is 5.75 Å². The topological polar surface area (TPSA) is 62.7 Å². The van der Waals surface area contributed by atoms with Crippen molar-refractivity contribution < 1.29 is 8.95 Å². The first-order valence-electron chi connectivity index (χ1n) is 11.3. The summed E-state index contributed by atoms with van der Waals surface area (Å²) in [6.07, 6.45) is 10.9.